The molecule has 5 nitrogen and oxygen atoms in total. The Bertz CT molecular complexity index is 224. The van der Waals surface area contributed by atoms with Gasteiger partial charge in [-0.15, -0.1) is 0 Å². The molecule has 1 rings (SSSR count). The van der Waals surface area contributed by atoms with Crippen LogP contribution in [0.2, 0.25) is 0 Å². The Balaban J connectivity index is 0.000000601. The molecule has 1 heterocycles. The molecule has 0 aromatic carbocycles. The van der Waals surface area contributed by atoms with Crippen molar-refractivity contribution in [3.63, 3.8) is 0 Å². The van der Waals surface area contributed by atoms with E-state index in [2.05, 4.69) is 32.2 Å². The van der Waals surface area contributed by atoms with Crippen LogP contribution in [0.15, 0.2) is 0 Å². The molecule has 0 saturated carbocycles. The molecule has 0 spiro atoms. The highest BCUT2D eigenvalue weighted by molar-refractivity contribution is 7.80. The predicted octanol–water partition coefficient (Wildman–Crippen LogP) is 1.12. The normalized spacial score (nSPS) is 16.3. The lowest BCUT2D eigenvalue weighted by molar-refractivity contribution is -0.151. The highest BCUT2D eigenvalue weighted by atomic mass is 32.1. The van der Waals surface area contributed by atoms with Crippen LogP contribution in [0.5, 0.6) is 0 Å². The van der Waals surface area contributed by atoms with Gasteiger partial charge in [0.15, 0.2) is 0 Å². The SMILES string of the molecule is CC1CO1.O=C(CCS)OCCOC(=O)CCS. The average molecular weight is 296 g/mol. The maximum Gasteiger partial charge on any atom is 0.306 e. The number of hydrogen-bond donors (Lipinski definition) is 2. The molecule has 0 radical (unpaired) electrons. The minimum atomic E-state index is -0.328. The van der Waals surface area contributed by atoms with Crippen LogP contribution >= 0.6 is 25.3 Å². The first-order chi connectivity index (χ1) is 8.60. The summed E-state index contributed by atoms with van der Waals surface area (Å²) < 4.78 is 14.2. The van der Waals surface area contributed by atoms with Crippen molar-refractivity contribution in [2.75, 3.05) is 31.3 Å². The molecule has 1 aliphatic rings. The number of esters is 2. The summed E-state index contributed by atoms with van der Waals surface area (Å²) in [6.07, 6.45) is 1.13. The van der Waals surface area contributed by atoms with Gasteiger partial charge >= 0.3 is 11.9 Å². The summed E-state index contributed by atoms with van der Waals surface area (Å²) in [6.45, 7) is 3.25. The van der Waals surface area contributed by atoms with E-state index in [0.29, 0.717) is 17.6 Å². The van der Waals surface area contributed by atoms with Crippen molar-refractivity contribution < 1.29 is 23.8 Å². The van der Waals surface area contributed by atoms with Gasteiger partial charge in [0.2, 0.25) is 0 Å². The zero-order valence-corrected chi connectivity index (χ0v) is 12.3. The molecule has 1 aliphatic heterocycles. The lowest BCUT2D eigenvalue weighted by Crippen LogP contribution is -2.14. The smallest absolute Gasteiger partial charge is 0.306 e. The van der Waals surface area contributed by atoms with E-state index in [9.17, 15) is 9.59 Å². The number of ether oxygens (including phenoxy) is 3. The van der Waals surface area contributed by atoms with E-state index in [4.69, 9.17) is 14.2 Å². The zero-order chi connectivity index (χ0) is 13.8. The van der Waals surface area contributed by atoms with Crippen molar-refractivity contribution in [2.24, 2.45) is 0 Å². The second-order valence-corrected chi connectivity index (χ2v) is 4.43. The van der Waals surface area contributed by atoms with Gasteiger partial charge in [-0.3, -0.25) is 9.59 Å². The molecule has 1 atom stereocenters. The summed E-state index contributed by atoms with van der Waals surface area (Å²) in [5.41, 5.74) is 0. The summed E-state index contributed by atoms with van der Waals surface area (Å²) in [6, 6.07) is 0. The number of rotatable bonds is 7. The van der Waals surface area contributed by atoms with Crippen LogP contribution in [0.1, 0.15) is 19.8 Å². The molecule has 1 unspecified atom stereocenters. The van der Waals surface area contributed by atoms with Crippen molar-refractivity contribution in [1.29, 1.82) is 0 Å². The summed E-state index contributed by atoms with van der Waals surface area (Å²) >= 11 is 7.74. The Morgan fingerprint density at radius 3 is 1.67 bits per heavy atom. The number of hydrogen-bond acceptors (Lipinski definition) is 7. The lowest BCUT2D eigenvalue weighted by atomic mass is 10.5. The number of carbonyl (C=O) groups is 2. The molecule has 0 bridgehead atoms. The molecular weight excluding hydrogens is 276 g/mol. The van der Waals surface area contributed by atoms with Gasteiger partial charge in [-0.2, -0.15) is 25.3 Å². The van der Waals surface area contributed by atoms with Crippen molar-refractivity contribution >= 4 is 37.2 Å². The summed E-state index contributed by atoms with van der Waals surface area (Å²) in [4.78, 5) is 21.6. The highest BCUT2D eigenvalue weighted by Crippen LogP contribution is 2.04. The Morgan fingerprint density at radius 2 is 1.44 bits per heavy atom. The van der Waals surface area contributed by atoms with E-state index < -0.39 is 0 Å². The fourth-order valence-electron chi connectivity index (χ4n) is 0.734. The van der Waals surface area contributed by atoms with Crippen LogP contribution in [0.3, 0.4) is 0 Å². The number of epoxide rings is 1. The van der Waals surface area contributed by atoms with Crippen molar-refractivity contribution in [3.05, 3.63) is 0 Å². The molecule has 0 amide bonds. The Hall–Kier alpha value is -0.400. The average Bonchev–Trinajstić information content (AvgIpc) is 3.09. The van der Waals surface area contributed by atoms with E-state index in [-0.39, 0.29) is 38.0 Å². The van der Waals surface area contributed by atoms with E-state index in [0.717, 1.165) is 6.61 Å². The third kappa shape index (κ3) is 13.7. The fourth-order valence-corrected chi connectivity index (χ4v) is 1.10. The van der Waals surface area contributed by atoms with Gasteiger partial charge in [-0.1, -0.05) is 0 Å². The first kappa shape index (κ1) is 17.6. The molecule has 0 aromatic heterocycles. The third-order valence-electron chi connectivity index (χ3n) is 1.74. The molecule has 18 heavy (non-hydrogen) atoms. The lowest BCUT2D eigenvalue weighted by Gasteiger charge is -2.04. The zero-order valence-electron chi connectivity index (χ0n) is 10.5. The van der Waals surface area contributed by atoms with Gasteiger partial charge in [0.1, 0.15) is 13.2 Å². The maximum absolute atomic E-state index is 10.8. The number of carbonyl (C=O) groups excluding carboxylic acids is 2. The maximum atomic E-state index is 10.8. The Morgan fingerprint density at radius 1 is 1.11 bits per heavy atom. The topological polar surface area (TPSA) is 65.1 Å². The van der Waals surface area contributed by atoms with Gasteiger partial charge in [-0.05, 0) is 6.92 Å². The van der Waals surface area contributed by atoms with Crippen molar-refractivity contribution in [3.8, 4) is 0 Å². The van der Waals surface area contributed by atoms with Gasteiger partial charge < -0.3 is 14.2 Å². The Labute approximate surface area is 118 Å². The minimum Gasteiger partial charge on any atom is -0.462 e. The third-order valence-corrected chi connectivity index (χ3v) is 2.19. The summed E-state index contributed by atoms with van der Waals surface area (Å²) in [5, 5.41) is 0. The molecule has 0 aliphatic carbocycles. The first-order valence-corrected chi connectivity index (χ1v) is 7.01. The van der Waals surface area contributed by atoms with E-state index in [1.165, 1.54) is 0 Å². The molecule has 1 saturated heterocycles. The second-order valence-electron chi connectivity index (χ2n) is 3.53. The molecule has 1 fully saturated rings. The quantitative estimate of drug-likeness (QED) is 0.319. The van der Waals surface area contributed by atoms with Crippen LogP contribution in [0, 0.1) is 0 Å². The number of thiol groups is 2. The largest absolute Gasteiger partial charge is 0.462 e. The van der Waals surface area contributed by atoms with Crippen molar-refractivity contribution in [1.82, 2.24) is 0 Å². The van der Waals surface area contributed by atoms with Crippen LogP contribution in [-0.2, 0) is 23.8 Å². The van der Waals surface area contributed by atoms with Crippen LogP contribution in [0.4, 0.5) is 0 Å². The van der Waals surface area contributed by atoms with Gasteiger partial charge in [0.25, 0.3) is 0 Å². The van der Waals surface area contributed by atoms with E-state index >= 15 is 0 Å². The molecular formula is C11H20O5S2. The van der Waals surface area contributed by atoms with E-state index in [1.807, 2.05) is 0 Å². The molecule has 0 N–H and O–H groups in total. The van der Waals surface area contributed by atoms with E-state index in [1.54, 1.807) is 0 Å². The molecule has 0 aromatic rings. The molecule has 106 valence electrons. The van der Waals surface area contributed by atoms with Gasteiger partial charge in [-0.25, -0.2) is 0 Å². The van der Waals surface area contributed by atoms with Gasteiger partial charge in [0.05, 0.1) is 25.6 Å². The standard InChI is InChI=1S/C8H14O4S2.C3H6O/c9-7(1-5-13)11-3-4-12-8(10)2-6-14;1-3-2-4-3/h13-14H,1-6H2;3H,2H2,1H3. The Kier molecular flexibility index (Phi) is 11.4. The minimum absolute atomic E-state index is 0.102. The van der Waals surface area contributed by atoms with Crippen LogP contribution < -0.4 is 0 Å². The fraction of sp³-hybridized carbons (Fsp3) is 0.818. The molecule has 7 heteroatoms. The monoisotopic (exact) mass is 296 g/mol. The first-order valence-electron chi connectivity index (χ1n) is 5.74. The van der Waals surface area contributed by atoms with Crippen molar-refractivity contribution in [2.45, 2.75) is 25.9 Å². The summed E-state index contributed by atoms with van der Waals surface area (Å²) in [7, 11) is 0. The predicted molar refractivity (Wildman–Crippen MR) is 74.3 cm³/mol. The summed E-state index contributed by atoms with van der Waals surface area (Å²) in [5.74, 6) is 0.256. The van der Waals surface area contributed by atoms with Gasteiger partial charge in [0, 0.05) is 11.5 Å². The van der Waals surface area contributed by atoms with Crippen LogP contribution in [0.25, 0.3) is 0 Å². The highest BCUT2D eigenvalue weighted by Gasteiger charge is 2.13. The second kappa shape index (κ2) is 11.7. The van der Waals surface area contributed by atoms with Crippen LogP contribution in [-0.4, -0.2) is 49.4 Å².